The van der Waals surface area contributed by atoms with E-state index in [1.165, 1.54) is 63.9 Å². The van der Waals surface area contributed by atoms with E-state index in [0.717, 1.165) is 27.2 Å². The number of halogens is 1. The Bertz CT molecular complexity index is 2870. The van der Waals surface area contributed by atoms with Gasteiger partial charge in [-0.05, 0) is 83.2 Å². The highest BCUT2D eigenvalue weighted by molar-refractivity contribution is 9.10. The number of hydrogen-bond acceptors (Lipinski definition) is 2. The summed E-state index contributed by atoms with van der Waals surface area (Å²) in [5.74, 6) is 0. The van der Waals surface area contributed by atoms with Gasteiger partial charge in [-0.25, -0.2) is 0 Å². The molecule has 0 amide bonds. The minimum Gasteiger partial charge on any atom is -0.310 e. The van der Waals surface area contributed by atoms with Crippen molar-refractivity contribution in [2.45, 2.75) is 0 Å². The first kappa shape index (κ1) is 29.3. The van der Waals surface area contributed by atoms with E-state index in [2.05, 4.69) is 201 Å². The quantitative estimate of drug-likeness (QED) is 0.172. The Hall–Kier alpha value is -5.68. The number of thiophene rings is 1. The summed E-state index contributed by atoms with van der Waals surface area (Å²) in [4.78, 5) is 2.38. The van der Waals surface area contributed by atoms with Crippen molar-refractivity contribution in [2.75, 3.05) is 4.90 Å². The summed E-state index contributed by atoms with van der Waals surface area (Å²) in [7, 11) is 0. The molecule has 10 aromatic rings. The molecule has 0 radical (unpaired) electrons. The zero-order valence-electron chi connectivity index (χ0n) is 26.9. The van der Waals surface area contributed by atoms with Crippen LogP contribution in [0.25, 0.3) is 69.6 Å². The Morgan fingerprint density at radius 2 is 1.12 bits per heavy atom. The van der Waals surface area contributed by atoms with Crippen molar-refractivity contribution < 1.29 is 0 Å². The third-order valence-electron chi connectivity index (χ3n) is 9.79. The van der Waals surface area contributed by atoms with Crippen LogP contribution in [0.4, 0.5) is 17.1 Å². The molecule has 0 spiro atoms. The zero-order chi connectivity index (χ0) is 33.2. The molecular formula is C46H29BrN2S. The van der Waals surface area contributed by atoms with Gasteiger partial charge in [0.1, 0.15) is 0 Å². The van der Waals surface area contributed by atoms with Crippen LogP contribution >= 0.6 is 27.3 Å². The molecule has 2 aromatic heterocycles. The fourth-order valence-electron chi connectivity index (χ4n) is 7.63. The molecule has 0 bridgehead atoms. The molecule has 10 rings (SSSR count). The van der Waals surface area contributed by atoms with Gasteiger partial charge in [-0.2, -0.15) is 0 Å². The number of nitrogens with zero attached hydrogens (tertiary/aromatic N) is 2. The van der Waals surface area contributed by atoms with Gasteiger partial charge in [0, 0.05) is 63.6 Å². The van der Waals surface area contributed by atoms with Crippen LogP contribution in [0.2, 0.25) is 0 Å². The van der Waals surface area contributed by atoms with Crippen LogP contribution in [0.15, 0.2) is 180 Å². The van der Waals surface area contributed by atoms with E-state index in [0.29, 0.717) is 0 Å². The molecule has 0 unspecified atom stereocenters. The van der Waals surface area contributed by atoms with E-state index < -0.39 is 0 Å². The largest absolute Gasteiger partial charge is 0.310 e. The highest BCUT2D eigenvalue weighted by Crippen LogP contribution is 2.49. The average Bonchev–Trinajstić information content (AvgIpc) is 3.73. The average molecular weight is 722 g/mol. The first-order chi connectivity index (χ1) is 24.7. The molecule has 2 heterocycles. The lowest BCUT2D eigenvalue weighted by Gasteiger charge is -2.26. The number of para-hydroxylation sites is 2. The van der Waals surface area contributed by atoms with Crippen LogP contribution in [0.3, 0.4) is 0 Å². The summed E-state index contributed by atoms with van der Waals surface area (Å²) in [5, 5.41) is 7.77. The van der Waals surface area contributed by atoms with Gasteiger partial charge in [-0.3, -0.25) is 0 Å². The van der Waals surface area contributed by atoms with Gasteiger partial charge in [0.05, 0.1) is 11.0 Å². The maximum atomic E-state index is 3.60. The SMILES string of the molecule is Brc1ccc(-c2cccc(N(c3ccccc3)c3ccc4c5c6ccccc6c6sc7ccccc7c6c5n(-c5ccccc5)c4c3)c2)cc1. The van der Waals surface area contributed by atoms with Crippen molar-refractivity contribution >= 4 is 97.1 Å². The van der Waals surface area contributed by atoms with Crippen molar-refractivity contribution in [1.82, 2.24) is 4.57 Å². The van der Waals surface area contributed by atoms with Crippen molar-refractivity contribution in [1.29, 1.82) is 0 Å². The molecule has 0 atom stereocenters. The summed E-state index contributed by atoms with van der Waals surface area (Å²) in [6, 6.07) is 63.8. The normalized spacial score (nSPS) is 11.7. The van der Waals surface area contributed by atoms with Gasteiger partial charge < -0.3 is 9.47 Å². The Morgan fingerprint density at radius 1 is 0.460 bits per heavy atom. The van der Waals surface area contributed by atoms with E-state index in [1.54, 1.807) is 0 Å². The van der Waals surface area contributed by atoms with Crippen LogP contribution in [-0.2, 0) is 0 Å². The molecular weight excluding hydrogens is 692 g/mol. The summed E-state index contributed by atoms with van der Waals surface area (Å²) in [6.07, 6.45) is 0. The monoisotopic (exact) mass is 720 g/mol. The lowest BCUT2D eigenvalue weighted by Crippen LogP contribution is -2.10. The number of anilines is 3. The molecule has 236 valence electrons. The van der Waals surface area contributed by atoms with Gasteiger partial charge in [0.15, 0.2) is 0 Å². The van der Waals surface area contributed by atoms with Crippen LogP contribution in [0.1, 0.15) is 0 Å². The third-order valence-corrected chi connectivity index (χ3v) is 11.5. The first-order valence-corrected chi connectivity index (χ1v) is 18.4. The van der Waals surface area contributed by atoms with Crippen molar-refractivity contribution in [3.8, 4) is 16.8 Å². The molecule has 50 heavy (non-hydrogen) atoms. The summed E-state index contributed by atoms with van der Waals surface area (Å²) in [5.41, 5.74) is 9.27. The predicted octanol–water partition coefficient (Wildman–Crippen LogP) is 14.2. The standard InChI is InChI=1S/C46H29BrN2S/c47-32-24-22-30(23-25-32)31-12-11-17-35(28-31)48(33-13-3-1-4-14-33)36-26-27-39-41(29-36)49(34-15-5-2-6-16-34)45-43(39)37-18-7-8-19-38(37)46-44(45)40-20-9-10-21-42(40)50-46/h1-29H. The predicted molar refractivity (Wildman–Crippen MR) is 219 cm³/mol. The van der Waals surface area contributed by atoms with Gasteiger partial charge >= 0.3 is 0 Å². The number of hydrogen-bond donors (Lipinski definition) is 0. The Balaban J connectivity index is 1.31. The number of benzene rings is 8. The summed E-state index contributed by atoms with van der Waals surface area (Å²) < 4.78 is 6.23. The fourth-order valence-corrected chi connectivity index (χ4v) is 9.14. The Kier molecular flexibility index (Phi) is 6.86. The van der Waals surface area contributed by atoms with Gasteiger partial charge in [-0.15, -0.1) is 11.3 Å². The van der Waals surface area contributed by atoms with Crippen molar-refractivity contribution in [3.05, 3.63) is 180 Å². The minimum absolute atomic E-state index is 1.07. The van der Waals surface area contributed by atoms with Crippen LogP contribution < -0.4 is 4.90 Å². The smallest absolute Gasteiger partial charge is 0.0640 e. The number of aromatic nitrogens is 1. The lowest BCUT2D eigenvalue weighted by molar-refractivity contribution is 1.18. The fraction of sp³-hybridized carbons (Fsp3) is 0. The maximum absolute atomic E-state index is 3.60. The zero-order valence-corrected chi connectivity index (χ0v) is 29.3. The molecule has 0 saturated heterocycles. The van der Waals surface area contributed by atoms with E-state index >= 15 is 0 Å². The molecule has 8 aromatic carbocycles. The first-order valence-electron chi connectivity index (χ1n) is 16.8. The van der Waals surface area contributed by atoms with E-state index in [-0.39, 0.29) is 0 Å². The molecule has 2 nitrogen and oxygen atoms in total. The molecule has 0 fully saturated rings. The summed E-state index contributed by atoms with van der Waals surface area (Å²) >= 11 is 5.50. The summed E-state index contributed by atoms with van der Waals surface area (Å²) in [6.45, 7) is 0. The second-order valence-electron chi connectivity index (χ2n) is 12.7. The van der Waals surface area contributed by atoms with Gasteiger partial charge in [-0.1, -0.05) is 125 Å². The van der Waals surface area contributed by atoms with E-state index in [1.807, 2.05) is 11.3 Å². The van der Waals surface area contributed by atoms with Crippen LogP contribution in [-0.4, -0.2) is 4.57 Å². The lowest BCUT2D eigenvalue weighted by atomic mass is 9.99. The molecule has 0 saturated carbocycles. The molecule has 0 aliphatic rings. The van der Waals surface area contributed by atoms with Crippen LogP contribution in [0, 0.1) is 0 Å². The number of rotatable bonds is 5. The van der Waals surface area contributed by atoms with Crippen LogP contribution in [0.5, 0.6) is 0 Å². The van der Waals surface area contributed by atoms with E-state index in [9.17, 15) is 0 Å². The second kappa shape index (κ2) is 11.7. The minimum atomic E-state index is 1.07. The molecule has 0 aliphatic heterocycles. The Morgan fingerprint density at radius 3 is 1.92 bits per heavy atom. The highest BCUT2D eigenvalue weighted by Gasteiger charge is 2.23. The van der Waals surface area contributed by atoms with Gasteiger partial charge in [0.2, 0.25) is 0 Å². The number of fused-ring (bicyclic) bond motifs is 10. The van der Waals surface area contributed by atoms with Crippen molar-refractivity contribution in [2.24, 2.45) is 0 Å². The van der Waals surface area contributed by atoms with Gasteiger partial charge in [0.25, 0.3) is 0 Å². The molecule has 4 heteroatoms. The molecule has 0 N–H and O–H groups in total. The highest BCUT2D eigenvalue weighted by atomic mass is 79.9. The maximum Gasteiger partial charge on any atom is 0.0640 e. The van der Waals surface area contributed by atoms with Crippen molar-refractivity contribution in [3.63, 3.8) is 0 Å². The second-order valence-corrected chi connectivity index (χ2v) is 14.6. The third kappa shape index (κ3) is 4.60. The van der Waals surface area contributed by atoms with E-state index in [4.69, 9.17) is 0 Å². The topological polar surface area (TPSA) is 8.17 Å². The Labute approximate surface area is 302 Å². The molecule has 0 aliphatic carbocycles.